The second-order valence-electron chi connectivity index (χ2n) is 6.32. The first kappa shape index (κ1) is 19.9. The van der Waals surface area contributed by atoms with Gasteiger partial charge in [-0.25, -0.2) is 18.6 Å². The fourth-order valence-corrected chi connectivity index (χ4v) is 3.08. The van der Waals surface area contributed by atoms with Gasteiger partial charge in [-0.1, -0.05) is 6.07 Å². The molecular weight excluding hydrogens is 370 g/mol. The molecule has 0 saturated heterocycles. The SMILES string of the molecule is COCCOCc1c(C)n(Cc2ccc(F)cc2F)c2cnc(C(=O)O)cc12. The number of aromatic nitrogens is 2. The Morgan fingerprint density at radius 2 is 2.04 bits per heavy atom. The summed E-state index contributed by atoms with van der Waals surface area (Å²) < 4.78 is 39.8. The molecule has 0 amide bonds. The van der Waals surface area contributed by atoms with Gasteiger partial charge in [-0.05, 0) is 19.1 Å². The van der Waals surface area contributed by atoms with Gasteiger partial charge in [0.05, 0.1) is 38.1 Å². The average molecular weight is 390 g/mol. The standard InChI is InChI=1S/C20H20F2N2O4/c1-12-16(11-28-6-5-27-2)15-8-18(20(25)26)23-9-19(15)24(12)10-13-3-4-14(21)7-17(13)22/h3-4,7-9H,5-6,10-11H2,1-2H3,(H,25,26). The van der Waals surface area contributed by atoms with E-state index in [0.29, 0.717) is 29.7 Å². The number of carbonyl (C=O) groups is 1. The number of benzene rings is 1. The molecule has 3 rings (SSSR count). The van der Waals surface area contributed by atoms with Gasteiger partial charge in [-0.15, -0.1) is 0 Å². The molecule has 0 aliphatic heterocycles. The maximum Gasteiger partial charge on any atom is 0.354 e. The quantitative estimate of drug-likeness (QED) is 0.596. The van der Waals surface area contributed by atoms with Gasteiger partial charge < -0.3 is 19.1 Å². The molecule has 0 spiro atoms. The predicted molar refractivity (Wildman–Crippen MR) is 98.4 cm³/mol. The lowest BCUT2D eigenvalue weighted by molar-refractivity contribution is 0.0618. The van der Waals surface area contributed by atoms with Crippen LogP contribution in [0.3, 0.4) is 0 Å². The smallest absolute Gasteiger partial charge is 0.354 e. The molecule has 3 aromatic rings. The Bertz CT molecular complexity index is 1020. The molecule has 0 aliphatic carbocycles. The molecule has 2 heterocycles. The molecule has 1 aromatic carbocycles. The van der Waals surface area contributed by atoms with Crippen molar-refractivity contribution in [2.24, 2.45) is 0 Å². The van der Waals surface area contributed by atoms with Gasteiger partial charge in [0.15, 0.2) is 0 Å². The third kappa shape index (κ3) is 4.02. The van der Waals surface area contributed by atoms with E-state index >= 15 is 0 Å². The lowest BCUT2D eigenvalue weighted by Gasteiger charge is -2.10. The van der Waals surface area contributed by atoms with E-state index in [1.54, 1.807) is 7.11 Å². The van der Waals surface area contributed by atoms with Crippen LogP contribution in [0.4, 0.5) is 8.78 Å². The van der Waals surface area contributed by atoms with Crippen molar-refractivity contribution in [2.75, 3.05) is 20.3 Å². The highest BCUT2D eigenvalue weighted by atomic mass is 19.1. The number of carboxylic acids is 1. The molecule has 0 unspecified atom stereocenters. The summed E-state index contributed by atoms with van der Waals surface area (Å²) in [6.45, 7) is 3.05. The maximum absolute atomic E-state index is 14.1. The molecule has 0 atom stereocenters. The number of rotatable bonds is 8. The third-order valence-electron chi connectivity index (χ3n) is 4.58. The molecular formula is C20H20F2N2O4. The number of halogens is 2. The summed E-state index contributed by atoms with van der Waals surface area (Å²) in [4.78, 5) is 15.3. The number of fused-ring (bicyclic) bond motifs is 1. The van der Waals surface area contributed by atoms with Gasteiger partial charge in [0.2, 0.25) is 0 Å². The number of carboxylic acid groups (broad SMARTS) is 1. The minimum atomic E-state index is -1.14. The highest BCUT2D eigenvalue weighted by Crippen LogP contribution is 2.28. The van der Waals surface area contributed by atoms with Gasteiger partial charge in [0.1, 0.15) is 17.3 Å². The molecule has 148 valence electrons. The first-order chi connectivity index (χ1) is 13.4. The lowest BCUT2D eigenvalue weighted by atomic mass is 10.1. The summed E-state index contributed by atoms with van der Waals surface area (Å²) in [6, 6.07) is 4.92. The Labute approximate surface area is 160 Å². The van der Waals surface area contributed by atoms with Crippen molar-refractivity contribution in [3.63, 3.8) is 0 Å². The zero-order chi connectivity index (χ0) is 20.3. The van der Waals surface area contributed by atoms with Crippen molar-refractivity contribution in [1.82, 2.24) is 9.55 Å². The maximum atomic E-state index is 14.1. The summed E-state index contributed by atoms with van der Waals surface area (Å²) in [5.41, 5.74) is 2.46. The molecule has 0 fully saturated rings. The van der Waals surface area contributed by atoms with Crippen LogP contribution in [0.15, 0.2) is 30.5 Å². The van der Waals surface area contributed by atoms with Crippen molar-refractivity contribution in [1.29, 1.82) is 0 Å². The van der Waals surface area contributed by atoms with Gasteiger partial charge in [-0.2, -0.15) is 0 Å². The summed E-state index contributed by atoms with van der Waals surface area (Å²) in [5.74, 6) is -2.42. The van der Waals surface area contributed by atoms with Crippen molar-refractivity contribution in [2.45, 2.75) is 20.1 Å². The normalized spacial score (nSPS) is 11.3. The van der Waals surface area contributed by atoms with Crippen LogP contribution in [0, 0.1) is 18.6 Å². The highest BCUT2D eigenvalue weighted by molar-refractivity contribution is 5.93. The predicted octanol–water partition coefficient (Wildman–Crippen LogP) is 3.53. The summed E-state index contributed by atoms with van der Waals surface area (Å²) in [5, 5.41) is 9.92. The highest BCUT2D eigenvalue weighted by Gasteiger charge is 2.18. The van der Waals surface area contributed by atoms with E-state index in [1.807, 2.05) is 11.5 Å². The van der Waals surface area contributed by atoms with Crippen molar-refractivity contribution in [3.05, 3.63) is 64.6 Å². The summed E-state index contributed by atoms with van der Waals surface area (Å²) in [6.07, 6.45) is 1.45. The van der Waals surface area contributed by atoms with Crippen LogP contribution in [0.2, 0.25) is 0 Å². The van der Waals surface area contributed by atoms with E-state index in [1.165, 1.54) is 24.4 Å². The van der Waals surface area contributed by atoms with Gasteiger partial charge in [0.25, 0.3) is 0 Å². The largest absolute Gasteiger partial charge is 0.477 e. The van der Waals surface area contributed by atoms with Crippen molar-refractivity contribution in [3.8, 4) is 0 Å². The van der Waals surface area contributed by atoms with Gasteiger partial charge in [-0.3, -0.25) is 0 Å². The molecule has 0 saturated carbocycles. The van der Waals surface area contributed by atoms with E-state index in [-0.39, 0.29) is 18.8 Å². The van der Waals surface area contributed by atoms with Crippen LogP contribution in [-0.2, 0) is 22.6 Å². The monoisotopic (exact) mass is 390 g/mol. The minimum Gasteiger partial charge on any atom is -0.477 e. The Balaban J connectivity index is 2.05. The first-order valence-electron chi connectivity index (χ1n) is 8.64. The molecule has 6 nitrogen and oxygen atoms in total. The molecule has 0 bridgehead atoms. The molecule has 8 heteroatoms. The molecule has 1 N–H and O–H groups in total. The lowest BCUT2D eigenvalue weighted by Crippen LogP contribution is -2.06. The fraction of sp³-hybridized carbons (Fsp3) is 0.300. The summed E-state index contributed by atoms with van der Waals surface area (Å²) >= 11 is 0. The number of ether oxygens (including phenoxy) is 2. The number of hydrogen-bond acceptors (Lipinski definition) is 4. The van der Waals surface area contributed by atoms with Crippen molar-refractivity contribution < 1.29 is 28.2 Å². The van der Waals surface area contributed by atoms with E-state index < -0.39 is 17.6 Å². The van der Waals surface area contributed by atoms with Crippen LogP contribution in [-0.4, -0.2) is 41.0 Å². The van der Waals surface area contributed by atoms with E-state index in [4.69, 9.17) is 9.47 Å². The molecule has 2 aromatic heterocycles. The van der Waals surface area contributed by atoms with Crippen LogP contribution in [0.1, 0.15) is 27.3 Å². The Morgan fingerprint density at radius 1 is 1.25 bits per heavy atom. The van der Waals surface area contributed by atoms with E-state index in [2.05, 4.69) is 4.98 Å². The van der Waals surface area contributed by atoms with Crippen molar-refractivity contribution >= 4 is 16.9 Å². The second kappa shape index (κ2) is 8.45. The molecule has 0 aliphatic rings. The molecule has 0 radical (unpaired) electrons. The Hall–Kier alpha value is -2.84. The third-order valence-corrected chi connectivity index (χ3v) is 4.58. The van der Waals surface area contributed by atoms with Crippen LogP contribution < -0.4 is 0 Å². The first-order valence-corrected chi connectivity index (χ1v) is 8.64. The second-order valence-corrected chi connectivity index (χ2v) is 6.32. The van der Waals surface area contributed by atoms with Crippen LogP contribution in [0.5, 0.6) is 0 Å². The fourth-order valence-electron chi connectivity index (χ4n) is 3.08. The number of nitrogens with zero attached hydrogens (tertiary/aromatic N) is 2. The number of methoxy groups -OCH3 is 1. The van der Waals surface area contributed by atoms with E-state index in [0.717, 1.165) is 17.3 Å². The van der Waals surface area contributed by atoms with Gasteiger partial charge >= 0.3 is 5.97 Å². The topological polar surface area (TPSA) is 73.6 Å². The van der Waals surface area contributed by atoms with E-state index in [9.17, 15) is 18.7 Å². The van der Waals surface area contributed by atoms with Gasteiger partial charge in [0, 0.05) is 35.4 Å². The van der Waals surface area contributed by atoms with Crippen LogP contribution >= 0.6 is 0 Å². The Morgan fingerprint density at radius 3 is 2.71 bits per heavy atom. The minimum absolute atomic E-state index is 0.0873. The van der Waals surface area contributed by atoms with Crippen LogP contribution in [0.25, 0.3) is 10.9 Å². The number of aromatic carboxylic acids is 1. The Kier molecular flexibility index (Phi) is 6.01. The molecule has 28 heavy (non-hydrogen) atoms. The number of hydrogen-bond donors (Lipinski definition) is 1. The number of pyridine rings is 1. The summed E-state index contributed by atoms with van der Waals surface area (Å²) in [7, 11) is 1.57. The average Bonchev–Trinajstić information content (AvgIpc) is 2.92. The zero-order valence-corrected chi connectivity index (χ0v) is 15.5. The zero-order valence-electron chi connectivity index (χ0n) is 15.5.